The SMILES string of the molecule is CN(Cc1nccn1Cc1ccccc1)C(=O)[C@@H]1[C@H](C(=O)O)C1(C)C. The first kappa shape index (κ1) is 17.2. The number of aromatic nitrogens is 2. The number of carbonyl (C=O) groups excluding carboxylic acids is 1. The maximum Gasteiger partial charge on any atom is 0.307 e. The van der Waals surface area contributed by atoms with Gasteiger partial charge in [0.05, 0.1) is 18.4 Å². The summed E-state index contributed by atoms with van der Waals surface area (Å²) in [5.41, 5.74) is 0.668. The molecule has 2 aromatic rings. The van der Waals surface area contributed by atoms with Gasteiger partial charge in [0, 0.05) is 26.0 Å². The number of rotatable bonds is 6. The van der Waals surface area contributed by atoms with Crippen molar-refractivity contribution >= 4 is 11.9 Å². The first-order valence-corrected chi connectivity index (χ1v) is 8.34. The summed E-state index contributed by atoms with van der Waals surface area (Å²) in [5.74, 6) is -1.32. The van der Waals surface area contributed by atoms with E-state index in [1.54, 1.807) is 18.1 Å². The molecule has 0 saturated heterocycles. The normalized spacial score (nSPS) is 20.9. The lowest BCUT2D eigenvalue weighted by Crippen LogP contribution is -2.30. The standard InChI is InChI=1S/C19H23N3O3/c1-19(2)15(16(19)18(24)25)17(23)21(3)12-14-20-9-10-22(14)11-13-7-5-4-6-8-13/h4-10,15-16H,11-12H2,1-3H3,(H,24,25)/t15-,16+/m0/s1. The molecule has 0 spiro atoms. The minimum atomic E-state index is -0.901. The predicted molar refractivity (Wildman–Crippen MR) is 92.6 cm³/mol. The molecular weight excluding hydrogens is 318 g/mol. The highest BCUT2D eigenvalue weighted by Gasteiger charge is 2.66. The molecule has 1 N–H and O–H groups in total. The van der Waals surface area contributed by atoms with E-state index < -0.39 is 23.2 Å². The van der Waals surface area contributed by atoms with Crippen LogP contribution in [0.2, 0.25) is 0 Å². The van der Waals surface area contributed by atoms with Crippen molar-refractivity contribution in [1.29, 1.82) is 0 Å². The maximum absolute atomic E-state index is 12.7. The minimum Gasteiger partial charge on any atom is -0.481 e. The second-order valence-electron chi connectivity index (χ2n) is 7.27. The smallest absolute Gasteiger partial charge is 0.307 e. The topological polar surface area (TPSA) is 75.4 Å². The van der Waals surface area contributed by atoms with E-state index in [-0.39, 0.29) is 5.91 Å². The van der Waals surface area contributed by atoms with E-state index in [1.807, 2.05) is 54.9 Å². The van der Waals surface area contributed by atoms with Gasteiger partial charge in [0.15, 0.2) is 0 Å². The number of hydrogen-bond donors (Lipinski definition) is 1. The molecule has 132 valence electrons. The van der Waals surface area contributed by atoms with Gasteiger partial charge in [-0.15, -0.1) is 0 Å². The number of hydrogen-bond acceptors (Lipinski definition) is 3. The van der Waals surface area contributed by atoms with Gasteiger partial charge >= 0.3 is 5.97 Å². The Bertz CT molecular complexity index is 782. The Kier molecular flexibility index (Phi) is 4.37. The van der Waals surface area contributed by atoms with Gasteiger partial charge < -0.3 is 14.6 Å². The number of nitrogens with zero attached hydrogens (tertiary/aromatic N) is 3. The lowest BCUT2D eigenvalue weighted by Gasteiger charge is -2.18. The quantitative estimate of drug-likeness (QED) is 0.874. The first-order chi connectivity index (χ1) is 11.8. The van der Waals surface area contributed by atoms with Gasteiger partial charge in [-0.3, -0.25) is 9.59 Å². The molecule has 1 heterocycles. The third kappa shape index (κ3) is 3.29. The van der Waals surface area contributed by atoms with Crippen molar-refractivity contribution in [3.8, 4) is 0 Å². The molecule has 0 unspecified atom stereocenters. The fourth-order valence-corrected chi connectivity index (χ4v) is 3.50. The lowest BCUT2D eigenvalue weighted by molar-refractivity contribution is -0.141. The first-order valence-electron chi connectivity index (χ1n) is 8.34. The van der Waals surface area contributed by atoms with E-state index in [4.69, 9.17) is 0 Å². The molecule has 1 fully saturated rings. The summed E-state index contributed by atoms with van der Waals surface area (Å²) in [5, 5.41) is 9.27. The average Bonchev–Trinajstić information content (AvgIpc) is 2.90. The Labute approximate surface area is 147 Å². The van der Waals surface area contributed by atoms with E-state index >= 15 is 0 Å². The van der Waals surface area contributed by atoms with Crippen LogP contribution >= 0.6 is 0 Å². The summed E-state index contributed by atoms with van der Waals surface area (Å²) in [6, 6.07) is 10.0. The van der Waals surface area contributed by atoms with Gasteiger partial charge in [0.1, 0.15) is 5.82 Å². The molecule has 1 aromatic carbocycles. The molecule has 6 heteroatoms. The van der Waals surface area contributed by atoms with Crippen LogP contribution in [0.25, 0.3) is 0 Å². The van der Waals surface area contributed by atoms with Crippen LogP contribution in [0.5, 0.6) is 0 Å². The summed E-state index contributed by atoms with van der Waals surface area (Å²) >= 11 is 0. The molecule has 2 atom stereocenters. The van der Waals surface area contributed by atoms with Crippen molar-refractivity contribution in [2.75, 3.05) is 7.05 Å². The number of carboxylic acid groups (broad SMARTS) is 1. The molecule has 0 radical (unpaired) electrons. The van der Waals surface area contributed by atoms with Crippen molar-refractivity contribution in [3.63, 3.8) is 0 Å². The van der Waals surface area contributed by atoms with E-state index in [0.717, 1.165) is 11.4 Å². The molecule has 1 saturated carbocycles. The Morgan fingerprint density at radius 3 is 2.52 bits per heavy atom. The van der Waals surface area contributed by atoms with Crippen LogP contribution in [-0.4, -0.2) is 38.5 Å². The number of amides is 1. The monoisotopic (exact) mass is 341 g/mol. The zero-order valence-corrected chi connectivity index (χ0v) is 14.7. The molecule has 1 aliphatic rings. The van der Waals surface area contributed by atoms with Crippen LogP contribution in [0.15, 0.2) is 42.7 Å². The molecule has 6 nitrogen and oxygen atoms in total. The van der Waals surface area contributed by atoms with Crippen molar-refractivity contribution in [2.45, 2.75) is 26.9 Å². The summed E-state index contributed by atoms with van der Waals surface area (Å²) in [6.45, 7) is 4.71. The van der Waals surface area contributed by atoms with Crippen molar-refractivity contribution < 1.29 is 14.7 Å². The van der Waals surface area contributed by atoms with Gasteiger partial charge in [-0.1, -0.05) is 44.2 Å². The second-order valence-corrected chi connectivity index (χ2v) is 7.27. The van der Waals surface area contributed by atoms with Crippen molar-refractivity contribution in [1.82, 2.24) is 14.5 Å². The summed E-state index contributed by atoms with van der Waals surface area (Å²) < 4.78 is 2.01. The molecule has 1 amide bonds. The minimum absolute atomic E-state index is 0.133. The largest absolute Gasteiger partial charge is 0.481 e. The average molecular weight is 341 g/mol. The fourth-order valence-electron chi connectivity index (χ4n) is 3.50. The van der Waals surface area contributed by atoms with Gasteiger partial charge in [0.2, 0.25) is 5.91 Å². The van der Waals surface area contributed by atoms with Gasteiger partial charge in [-0.2, -0.15) is 0 Å². The fraction of sp³-hybridized carbons (Fsp3) is 0.421. The molecule has 0 aliphatic heterocycles. The lowest BCUT2D eigenvalue weighted by atomic mass is 10.1. The van der Waals surface area contributed by atoms with Crippen LogP contribution in [0, 0.1) is 17.3 Å². The van der Waals surface area contributed by atoms with Crippen molar-refractivity contribution in [2.24, 2.45) is 17.3 Å². The highest BCUT2D eigenvalue weighted by atomic mass is 16.4. The highest BCUT2D eigenvalue weighted by Crippen LogP contribution is 2.58. The molecular formula is C19H23N3O3. The molecule has 1 aliphatic carbocycles. The molecule has 1 aromatic heterocycles. The molecule has 3 rings (SSSR count). The van der Waals surface area contributed by atoms with Gasteiger partial charge in [0.25, 0.3) is 0 Å². The second kappa shape index (κ2) is 6.35. The van der Waals surface area contributed by atoms with E-state index in [0.29, 0.717) is 13.1 Å². The van der Waals surface area contributed by atoms with Crippen molar-refractivity contribution in [3.05, 3.63) is 54.1 Å². The molecule has 25 heavy (non-hydrogen) atoms. The Balaban J connectivity index is 1.68. The highest BCUT2D eigenvalue weighted by molar-refractivity contribution is 5.91. The number of aliphatic carboxylic acids is 1. The van der Waals surface area contributed by atoms with E-state index in [1.165, 1.54) is 0 Å². The van der Waals surface area contributed by atoms with Crippen LogP contribution in [0.3, 0.4) is 0 Å². The Morgan fingerprint density at radius 1 is 1.24 bits per heavy atom. The zero-order chi connectivity index (χ0) is 18.2. The van der Waals surface area contributed by atoms with Crippen LogP contribution in [0.4, 0.5) is 0 Å². The van der Waals surface area contributed by atoms with Gasteiger partial charge in [-0.05, 0) is 11.0 Å². The summed E-state index contributed by atoms with van der Waals surface area (Å²) in [4.78, 5) is 29.9. The number of carbonyl (C=O) groups is 2. The van der Waals surface area contributed by atoms with Crippen LogP contribution < -0.4 is 0 Å². The Hall–Kier alpha value is -2.63. The third-order valence-electron chi connectivity index (χ3n) is 5.11. The molecule has 0 bridgehead atoms. The third-order valence-corrected chi connectivity index (χ3v) is 5.11. The van der Waals surface area contributed by atoms with Crippen LogP contribution in [-0.2, 0) is 22.7 Å². The Morgan fingerprint density at radius 2 is 1.92 bits per heavy atom. The van der Waals surface area contributed by atoms with Crippen LogP contribution in [0.1, 0.15) is 25.2 Å². The number of imidazole rings is 1. The summed E-state index contributed by atoms with van der Waals surface area (Å²) in [7, 11) is 1.71. The van der Waals surface area contributed by atoms with E-state index in [2.05, 4.69) is 4.98 Å². The predicted octanol–water partition coefficient (Wildman–Crippen LogP) is 2.25. The van der Waals surface area contributed by atoms with Gasteiger partial charge in [-0.25, -0.2) is 4.98 Å². The summed E-state index contributed by atoms with van der Waals surface area (Å²) in [6.07, 6.45) is 3.61. The number of carboxylic acids is 1. The maximum atomic E-state index is 12.7. The zero-order valence-electron chi connectivity index (χ0n) is 14.7. The number of benzene rings is 1. The van der Waals surface area contributed by atoms with E-state index in [9.17, 15) is 14.7 Å².